The van der Waals surface area contributed by atoms with Gasteiger partial charge in [0.1, 0.15) is 5.76 Å². The van der Waals surface area contributed by atoms with Crippen molar-refractivity contribution in [3.8, 4) is 11.5 Å². The van der Waals surface area contributed by atoms with Gasteiger partial charge in [-0.1, -0.05) is 44.7 Å². The lowest BCUT2D eigenvalue weighted by molar-refractivity contribution is -0.117. The summed E-state index contributed by atoms with van der Waals surface area (Å²) in [5.41, 5.74) is 2.07. The van der Waals surface area contributed by atoms with Crippen LogP contribution in [0.15, 0.2) is 56.7 Å². The van der Waals surface area contributed by atoms with Crippen molar-refractivity contribution in [2.24, 2.45) is 0 Å². The van der Waals surface area contributed by atoms with Crippen LogP contribution in [0.4, 0.5) is 4.79 Å². The Balaban J connectivity index is 1.47. The summed E-state index contributed by atoms with van der Waals surface area (Å²) >= 11 is 1.06. The predicted octanol–water partition coefficient (Wildman–Crippen LogP) is 3.75. The van der Waals surface area contributed by atoms with Crippen molar-refractivity contribution in [2.75, 3.05) is 5.75 Å². The molecule has 152 valence electrons. The zero-order chi connectivity index (χ0) is 20.9. The van der Waals surface area contributed by atoms with Crippen LogP contribution in [0.25, 0.3) is 11.5 Å². The largest absolute Gasteiger partial charge is 0.467 e. The molecule has 0 spiro atoms. The maximum Gasteiger partial charge on any atom is 0.321 e. The molecule has 3 amide bonds. The van der Waals surface area contributed by atoms with Gasteiger partial charge in [-0.25, -0.2) is 4.79 Å². The maximum atomic E-state index is 11.9. The third-order valence-electron chi connectivity index (χ3n) is 3.99. The zero-order valence-electron chi connectivity index (χ0n) is 16.4. The van der Waals surface area contributed by atoms with Crippen molar-refractivity contribution >= 4 is 23.7 Å². The number of aromatic nitrogens is 2. The SMILES string of the molecule is CC(C)(C)c1ccc(-c2nnc(SCC(=O)NC(=O)NCc3ccco3)o2)cc1. The van der Waals surface area contributed by atoms with Gasteiger partial charge in [0.2, 0.25) is 11.8 Å². The minimum absolute atomic E-state index is 0.0290. The van der Waals surface area contributed by atoms with Crippen LogP contribution in [-0.2, 0) is 16.8 Å². The molecule has 0 bridgehead atoms. The highest BCUT2D eigenvalue weighted by atomic mass is 32.2. The number of nitrogens with one attached hydrogen (secondary N) is 2. The fourth-order valence-electron chi connectivity index (χ4n) is 2.41. The lowest BCUT2D eigenvalue weighted by Crippen LogP contribution is -2.39. The Kier molecular flexibility index (Phi) is 6.38. The molecular weight excluding hydrogens is 392 g/mol. The number of urea groups is 1. The number of carbonyl (C=O) groups is 2. The highest BCUT2D eigenvalue weighted by molar-refractivity contribution is 7.99. The van der Waals surface area contributed by atoms with E-state index >= 15 is 0 Å². The summed E-state index contributed by atoms with van der Waals surface area (Å²) in [5.74, 6) is 0.473. The lowest BCUT2D eigenvalue weighted by atomic mass is 9.87. The number of benzene rings is 1. The lowest BCUT2D eigenvalue weighted by Gasteiger charge is -2.18. The highest BCUT2D eigenvalue weighted by Crippen LogP contribution is 2.27. The minimum atomic E-state index is -0.600. The molecule has 8 nitrogen and oxygen atoms in total. The molecule has 0 aliphatic rings. The molecular formula is C20H22N4O4S. The van der Waals surface area contributed by atoms with Crippen LogP contribution in [0.3, 0.4) is 0 Å². The van der Waals surface area contributed by atoms with Gasteiger partial charge in [-0.3, -0.25) is 10.1 Å². The smallest absolute Gasteiger partial charge is 0.321 e. The maximum absolute atomic E-state index is 11.9. The summed E-state index contributed by atoms with van der Waals surface area (Å²) in [7, 11) is 0. The number of imide groups is 1. The first-order chi connectivity index (χ1) is 13.8. The van der Waals surface area contributed by atoms with Crippen molar-refractivity contribution in [3.05, 3.63) is 54.0 Å². The molecule has 0 saturated carbocycles. The first-order valence-electron chi connectivity index (χ1n) is 8.98. The molecule has 0 unspecified atom stereocenters. The summed E-state index contributed by atoms with van der Waals surface area (Å²) in [5, 5.41) is 13.0. The number of rotatable bonds is 6. The molecule has 0 aliphatic carbocycles. The van der Waals surface area contributed by atoms with Crippen molar-refractivity contribution in [1.29, 1.82) is 0 Å². The second kappa shape index (κ2) is 8.95. The fraction of sp³-hybridized carbons (Fsp3) is 0.300. The summed E-state index contributed by atoms with van der Waals surface area (Å²) in [6.45, 7) is 6.63. The number of amides is 3. The van der Waals surface area contributed by atoms with E-state index < -0.39 is 11.9 Å². The quantitative estimate of drug-likeness (QED) is 0.591. The Bertz CT molecular complexity index is 959. The Hall–Kier alpha value is -3.07. The van der Waals surface area contributed by atoms with E-state index in [2.05, 4.69) is 41.6 Å². The average molecular weight is 414 g/mol. The van der Waals surface area contributed by atoms with Gasteiger partial charge in [0.05, 0.1) is 18.6 Å². The fourth-order valence-corrected chi connectivity index (χ4v) is 2.98. The van der Waals surface area contributed by atoms with Gasteiger partial charge in [-0.2, -0.15) is 0 Å². The number of carbonyl (C=O) groups excluding carboxylic acids is 2. The number of furan rings is 1. The molecule has 3 aromatic rings. The van der Waals surface area contributed by atoms with E-state index in [-0.39, 0.29) is 22.9 Å². The molecule has 29 heavy (non-hydrogen) atoms. The summed E-state index contributed by atoms with van der Waals surface area (Å²) < 4.78 is 10.7. The van der Waals surface area contributed by atoms with E-state index in [1.807, 2.05) is 24.3 Å². The van der Waals surface area contributed by atoms with Crippen molar-refractivity contribution in [3.63, 3.8) is 0 Å². The molecule has 2 heterocycles. The van der Waals surface area contributed by atoms with Crippen LogP contribution in [0.2, 0.25) is 0 Å². The Morgan fingerprint density at radius 2 is 1.86 bits per heavy atom. The molecule has 2 aromatic heterocycles. The molecule has 9 heteroatoms. The molecule has 0 atom stereocenters. The molecule has 0 fully saturated rings. The first kappa shape index (κ1) is 20.7. The third kappa shape index (κ3) is 5.95. The van der Waals surface area contributed by atoms with Crippen LogP contribution < -0.4 is 10.6 Å². The Labute approximate surface area is 172 Å². The highest BCUT2D eigenvalue weighted by Gasteiger charge is 2.16. The molecule has 0 saturated heterocycles. The second-order valence-corrected chi connectivity index (χ2v) is 8.23. The van der Waals surface area contributed by atoms with Crippen LogP contribution >= 0.6 is 11.8 Å². The summed E-state index contributed by atoms with van der Waals surface area (Å²) in [4.78, 5) is 23.6. The van der Waals surface area contributed by atoms with Gasteiger partial charge in [0.25, 0.3) is 5.22 Å². The number of hydrogen-bond donors (Lipinski definition) is 2. The van der Waals surface area contributed by atoms with Crippen LogP contribution in [0.1, 0.15) is 32.1 Å². The topological polar surface area (TPSA) is 110 Å². The number of thioether (sulfide) groups is 1. The van der Waals surface area contributed by atoms with Gasteiger partial charge in [0.15, 0.2) is 0 Å². The zero-order valence-corrected chi connectivity index (χ0v) is 17.2. The van der Waals surface area contributed by atoms with Crippen molar-refractivity contribution in [1.82, 2.24) is 20.8 Å². The molecule has 2 N–H and O–H groups in total. The van der Waals surface area contributed by atoms with Crippen LogP contribution in [0.5, 0.6) is 0 Å². The Morgan fingerprint density at radius 1 is 1.10 bits per heavy atom. The van der Waals surface area contributed by atoms with Crippen molar-refractivity contribution in [2.45, 2.75) is 38.0 Å². The number of hydrogen-bond acceptors (Lipinski definition) is 7. The van der Waals surface area contributed by atoms with Gasteiger partial charge >= 0.3 is 6.03 Å². The first-order valence-corrected chi connectivity index (χ1v) is 9.97. The van der Waals surface area contributed by atoms with E-state index in [9.17, 15) is 9.59 Å². The van der Waals surface area contributed by atoms with E-state index in [0.29, 0.717) is 11.7 Å². The predicted molar refractivity (Wildman–Crippen MR) is 108 cm³/mol. The standard InChI is InChI=1S/C20H22N4O4S/c1-20(2,3)14-8-6-13(7-9-14)17-23-24-19(28-17)29-12-16(25)22-18(26)21-11-15-5-4-10-27-15/h4-10H,11-12H2,1-3H3,(H2,21,22,25,26). The van der Waals surface area contributed by atoms with E-state index in [1.54, 1.807) is 12.1 Å². The van der Waals surface area contributed by atoms with Crippen LogP contribution in [-0.4, -0.2) is 27.9 Å². The van der Waals surface area contributed by atoms with Gasteiger partial charge < -0.3 is 14.2 Å². The normalized spacial score (nSPS) is 11.3. The molecule has 0 aliphatic heterocycles. The number of nitrogens with zero attached hydrogens (tertiary/aromatic N) is 2. The van der Waals surface area contributed by atoms with E-state index in [0.717, 1.165) is 17.3 Å². The van der Waals surface area contributed by atoms with Crippen LogP contribution in [0, 0.1) is 0 Å². The molecule has 0 radical (unpaired) electrons. The average Bonchev–Trinajstić information content (AvgIpc) is 3.36. The molecule has 1 aromatic carbocycles. The summed E-state index contributed by atoms with van der Waals surface area (Å²) in [6, 6.07) is 10.8. The molecule has 3 rings (SSSR count). The monoisotopic (exact) mass is 414 g/mol. The van der Waals surface area contributed by atoms with Gasteiger partial charge in [-0.15, -0.1) is 10.2 Å². The van der Waals surface area contributed by atoms with Crippen molar-refractivity contribution < 1.29 is 18.4 Å². The van der Waals surface area contributed by atoms with Gasteiger partial charge in [-0.05, 0) is 35.2 Å². The van der Waals surface area contributed by atoms with Gasteiger partial charge in [0, 0.05) is 5.56 Å². The summed E-state index contributed by atoms with van der Waals surface area (Å²) in [6.07, 6.45) is 1.51. The van der Waals surface area contributed by atoms with E-state index in [1.165, 1.54) is 11.8 Å². The third-order valence-corrected chi connectivity index (χ3v) is 4.81. The second-order valence-electron chi connectivity index (χ2n) is 7.30. The minimum Gasteiger partial charge on any atom is -0.467 e. The van der Waals surface area contributed by atoms with E-state index in [4.69, 9.17) is 8.83 Å². The Morgan fingerprint density at radius 3 is 2.52 bits per heavy atom.